The van der Waals surface area contributed by atoms with Crippen LogP contribution in [0.15, 0.2) is 4.52 Å². The first-order valence-corrected chi connectivity index (χ1v) is 4.35. The van der Waals surface area contributed by atoms with Crippen molar-refractivity contribution in [3.63, 3.8) is 0 Å². The molecule has 4 nitrogen and oxygen atoms in total. The molecule has 0 aliphatic carbocycles. The maximum absolute atomic E-state index is 5.52. The molecule has 13 heavy (non-hydrogen) atoms. The highest BCUT2D eigenvalue weighted by atomic mass is 35.5. The minimum absolute atomic E-state index is 0.0429. The number of hydrogen-bond acceptors (Lipinski definition) is 4. The zero-order valence-corrected chi connectivity index (χ0v) is 8.92. The summed E-state index contributed by atoms with van der Waals surface area (Å²) in [6, 6.07) is 0. The third-order valence-electron chi connectivity index (χ3n) is 1.67. The van der Waals surface area contributed by atoms with Crippen molar-refractivity contribution < 1.29 is 9.26 Å². The predicted octanol–water partition coefficient (Wildman–Crippen LogP) is 2.46. The number of rotatable bonds is 2. The molecule has 74 valence electrons. The van der Waals surface area contributed by atoms with E-state index in [1.807, 2.05) is 20.8 Å². The number of nitrogens with zero attached hydrogens (tertiary/aromatic N) is 2. The van der Waals surface area contributed by atoms with Gasteiger partial charge >= 0.3 is 5.35 Å². The average molecular weight is 205 g/mol. The molecule has 0 saturated heterocycles. The van der Waals surface area contributed by atoms with E-state index in [1.165, 1.54) is 0 Å². The van der Waals surface area contributed by atoms with E-state index in [0.717, 1.165) is 0 Å². The molecule has 0 fully saturated rings. The summed E-state index contributed by atoms with van der Waals surface area (Å²) < 4.78 is 9.94. The third-order valence-corrected chi connectivity index (χ3v) is 1.83. The van der Waals surface area contributed by atoms with Crippen molar-refractivity contribution >= 4 is 11.6 Å². The predicted molar refractivity (Wildman–Crippen MR) is 48.5 cm³/mol. The normalized spacial score (nSPS) is 14.5. The summed E-state index contributed by atoms with van der Waals surface area (Å²) in [5.41, 5.74) is -0.0814. The topological polar surface area (TPSA) is 48.2 Å². The van der Waals surface area contributed by atoms with Gasteiger partial charge in [0.1, 0.15) is 6.10 Å². The molecule has 0 aliphatic heterocycles. The van der Waals surface area contributed by atoms with Gasteiger partial charge in [-0.15, -0.1) is 0 Å². The van der Waals surface area contributed by atoms with Crippen molar-refractivity contribution in [1.82, 2.24) is 10.1 Å². The van der Waals surface area contributed by atoms with Crippen LogP contribution in [0.25, 0.3) is 0 Å². The van der Waals surface area contributed by atoms with Crippen LogP contribution in [0, 0.1) is 5.41 Å². The SMILES string of the molecule is COC(c1noc(Cl)n1)C(C)(C)C. The van der Waals surface area contributed by atoms with Crippen LogP contribution in [0.3, 0.4) is 0 Å². The Morgan fingerprint density at radius 1 is 1.46 bits per heavy atom. The largest absolute Gasteiger partial charge is 0.373 e. The second-order valence-corrected chi connectivity index (χ2v) is 4.21. The van der Waals surface area contributed by atoms with E-state index in [1.54, 1.807) is 7.11 Å². The fraction of sp³-hybridized carbons (Fsp3) is 0.750. The molecule has 1 aromatic heterocycles. The van der Waals surface area contributed by atoms with Crippen LogP contribution in [-0.2, 0) is 4.74 Å². The number of aromatic nitrogens is 2. The fourth-order valence-electron chi connectivity index (χ4n) is 1.17. The van der Waals surface area contributed by atoms with E-state index in [4.69, 9.17) is 16.3 Å². The summed E-state index contributed by atoms with van der Waals surface area (Å²) in [5.74, 6) is 0.486. The van der Waals surface area contributed by atoms with Crippen LogP contribution in [0.5, 0.6) is 0 Å². The smallest absolute Gasteiger partial charge is 0.320 e. The third kappa shape index (κ3) is 2.42. The molecule has 1 unspecified atom stereocenters. The highest BCUT2D eigenvalue weighted by Crippen LogP contribution is 2.33. The molecule has 0 amide bonds. The van der Waals surface area contributed by atoms with Gasteiger partial charge in [0.2, 0.25) is 5.82 Å². The van der Waals surface area contributed by atoms with Gasteiger partial charge in [-0.3, -0.25) is 0 Å². The Hall–Kier alpha value is -0.610. The van der Waals surface area contributed by atoms with Crippen molar-refractivity contribution in [1.29, 1.82) is 0 Å². The average Bonchev–Trinajstić information content (AvgIpc) is 2.34. The van der Waals surface area contributed by atoms with Gasteiger partial charge in [-0.1, -0.05) is 25.9 Å². The molecule has 0 saturated carbocycles. The molecule has 0 radical (unpaired) electrons. The van der Waals surface area contributed by atoms with Crippen molar-refractivity contribution in [2.24, 2.45) is 5.41 Å². The molecule has 0 N–H and O–H groups in total. The summed E-state index contributed by atoms with van der Waals surface area (Å²) in [6.45, 7) is 6.10. The Labute approximate surface area is 82.2 Å². The van der Waals surface area contributed by atoms with E-state index >= 15 is 0 Å². The van der Waals surface area contributed by atoms with Crippen molar-refractivity contribution in [2.75, 3.05) is 7.11 Å². The van der Waals surface area contributed by atoms with E-state index in [-0.39, 0.29) is 16.9 Å². The fourth-order valence-corrected chi connectivity index (χ4v) is 1.29. The Morgan fingerprint density at radius 2 is 2.08 bits per heavy atom. The Balaban J connectivity index is 2.91. The lowest BCUT2D eigenvalue weighted by Gasteiger charge is -2.26. The van der Waals surface area contributed by atoms with Gasteiger partial charge in [0.15, 0.2) is 0 Å². The molecule has 0 aliphatic rings. The van der Waals surface area contributed by atoms with Gasteiger partial charge in [-0.05, 0) is 17.0 Å². The molecule has 1 rings (SSSR count). The van der Waals surface area contributed by atoms with Crippen LogP contribution in [0.2, 0.25) is 5.35 Å². The molecule has 0 aromatic carbocycles. The summed E-state index contributed by atoms with van der Waals surface area (Å²) in [6.07, 6.45) is -0.205. The van der Waals surface area contributed by atoms with E-state index in [0.29, 0.717) is 5.82 Å². The second kappa shape index (κ2) is 3.64. The van der Waals surface area contributed by atoms with E-state index < -0.39 is 0 Å². The summed E-state index contributed by atoms with van der Waals surface area (Å²) >= 11 is 5.52. The van der Waals surface area contributed by atoms with Gasteiger partial charge in [-0.2, -0.15) is 4.98 Å². The second-order valence-electron chi connectivity index (χ2n) is 3.89. The Kier molecular flexibility index (Phi) is 2.93. The molecular formula is C8H13ClN2O2. The molecular weight excluding hydrogens is 192 g/mol. The van der Waals surface area contributed by atoms with Crippen LogP contribution in [0.1, 0.15) is 32.7 Å². The Bertz CT molecular complexity index is 280. The van der Waals surface area contributed by atoms with Crippen molar-refractivity contribution in [3.05, 3.63) is 11.2 Å². The molecule has 0 spiro atoms. The Morgan fingerprint density at radius 3 is 2.38 bits per heavy atom. The number of halogens is 1. The van der Waals surface area contributed by atoms with Gasteiger partial charge in [0.25, 0.3) is 0 Å². The minimum atomic E-state index is -0.205. The molecule has 1 heterocycles. The van der Waals surface area contributed by atoms with Crippen LogP contribution >= 0.6 is 11.6 Å². The molecule has 0 bridgehead atoms. The number of ether oxygens (including phenoxy) is 1. The maximum atomic E-state index is 5.52. The quantitative estimate of drug-likeness (QED) is 0.743. The van der Waals surface area contributed by atoms with E-state index in [2.05, 4.69) is 14.7 Å². The molecule has 1 atom stereocenters. The highest BCUT2D eigenvalue weighted by molar-refractivity contribution is 6.27. The zero-order valence-electron chi connectivity index (χ0n) is 8.17. The van der Waals surface area contributed by atoms with Gasteiger partial charge < -0.3 is 9.26 Å². The highest BCUT2D eigenvalue weighted by Gasteiger charge is 2.30. The van der Waals surface area contributed by atoms with Crippen molar-refractivity contribution in [2.45, 2.75) is 26.9 Å². The van der Waals surface area contributed by atoms with Gasteiger partial charge in [-0.25, -0.2) is 0 Å². The molecule has 1 aromatic rings. The lowest BCUT2D eigenvalue weighted by atomic mass is 9.88. The summed E-state index contributed by atoms with van der Waals surface area (Å²) in [4.78, 5) is 3.91. The first kappa shape index (κ1) is 10.5. The molecule has 5 heteroatoms. The van der Waals surface area contributed by atoms with E-state index in [9.17, 15) is 0 Å². The van der Waals surface area contributed by atoms with Crippen LogP contribution in [-0.4, -0.2) is 17.3 Å². The standard InChI is InChI=1S/C8H13ClN2O2/c1-8(2,3)5(12-4)6-10-7(9)13-11-6/h5H,1-4H3. The number of methoxy groups -OCH3 is 1. The van der Waals surface area contributed by atoms with Gasteiger partial charge in [0, 0.05) is 7.11 Å². The lowest BCUT2D eigenvalue weighted by Crippen LogP contribution is -2.21. The van der Waals surface area contributed by atoms with Crippen LogP contribution < -0.4 is 0 Å². The maximum Gasteiger partial charge on any atom is 0.320 e. The minimum Gasteiger partial charge on any atom is -0.373 e. The lowest BCUT2D eigenvalue weighted by molar-refractivity contribution is 0.00718. The summed E-state index contributed by atoms with van der Waals surface area (Å²) in [7, 11) is 1.61. The number of hydrogen-bond donors (Lipinski definition) is 0. The first-order valence-electron chi connectivity index (χ1n) is 3.97. The first-order chi connectivity index (χ1) is 5.95. The summed E-state index contributed by atoms with van der Waals surface area (Å²) in [5, 5.41) is 3.75. The van der Waals surface area contributed by atoms with Crippen molar-refractivity contribution in [3.8, 4) is 0 Å². The van der Waals surface area contributed by atoms with Gasteiger partial charge in [0.05, 0.1) is 0 Å². The van der Waals surface area contributed by atoms with Crippen LogP contribution in [0.4, 0.5) is 0 Å². The zero-order chi connectivity index (χ0) is 10.1. The monoisotopic (exact) mass is 204 g/mol.